The molecule has 0 bridgehead atoms. The van der Waals surface area contributed by atoms with Gasteiger partial charge >= 0.3 is 5.97 Å². The molecule has 2 fully saturated rings. The lowest BCUT2D eigenvalue weighted by Gasteiger charge is -2.40. The normalized spacial score (nSPS) is 32.5. The molecule has 0 aromatic heterocycles. The number of aliphatic carboxylic acids is 1. The predicted octanol–water partition coefficient (Wildman–Crippen LogP) is 1.04. The topological polar surface area (TPSA) is 60.9 Å². The number of carbonyl (C=O) groups excluding carboxylic acids is 1. The second-order valence-corrected chi connectivity index (χ2v) is 5.74. The van der Waals surface area contributed by atoms with Gasteiger partial charge in [0.1, 0.15) is 0 Å². The molecule has 5 nitrogen and oxygen atoms in total. The summed E-state index contributed by atoms with van der Waals surface area (Å²) in [7, 11) is 0. The molecule has 1 aliphatic heterocycles. The molecule has 108 valence electrons. The van der Waals surface area contributed by atoms with E-state index >= 15 is 0 Å². The zero-order valence-electron chi connectivity index (χ0n) is 11.8. The number of piperazine rings is 1. The second-order valence-electron chi connectivity index (χ2n) is 5.74. The fourth-order valence-corrected chi connectivity index (χ4v) is 3.45. The summed E-state index contributed by atoms with van der Waals surface area (Å²) in [6.07, 6.45) is 2.24. The van der Waals surface area contributed by atoms with Gasteiger partial charge in [0.25, 0.3) is 0 Å². The van der Waals surface area contributed by atoms with E-state index in [0.29, 0.717) is 12.5 Å². The first kappa shape index (κ1) is 14.3. The standard InChI is InChI=1S/C14H24N2O3/c1-3-15-7-8-16(9-10(15)2)13(17)11-5-4-6-12(11)14(18)19/h10-12H,3-9H2,1-2H3,(H,18,19)/t10?,11-,12+/m1/s1. The number of rotatable bonds is 3. The summed E-state index contributed by atoms with van der Waals surface area (Å²) in [5, 5.41) is 9.18. The van der Waals surface area contributed by atoms with Crippen molar-refractivity contribution in [1.29, 1.82) is 0 Å². The van der Waals surface area contributed by atoms with Crippen molar-refractivity contribution in [3.05, 3.63) is 0 Å². The van der Waals surface area contributed by atoms with Crippen LogP contribution in [0.1, 0.15) is 33.1 Å². The van der Waals surface area contributed by atoms with E-state index in [1.807, 2.05) is 4.90 Å². The largest absolute Gasteiger partial charge is 0.481 e. The van der Waals surface area contributed by atoms with E-state index in [0.717, 1.165) is 39.0 Å². The first-order valence-corrected chi connectivity index (χ1v) is 7.30. The van der Waals surface area contributed by atoms with Crippen LogP contribution in [0.3, 0.4) is 0 Å². The summed E-state index contributed by atoms with van der Waals surface area (Å²) in [5.74, 6) is -1.51. The smallest absolute Gasteiger partial charge is 0.307 e. The molecule has 0 aromatic carbocycles. The van der Waals surface area contributed by atoms with Gasteiger partial charge in [0.15, 0.2) is 0 Å². The molecule has 19 heavy (non-hydrogen) atoms. The number of hydrogen-bond donors (Lipinski definition) is 1. The predicted molar refractivity (Wildman–Crippen MR) is 71.8 cm³/mol. The molecule has 2 rings (SSSR count). The van der Waals surface area contributed by atoms with E-state index in [9.17, 15) is 14.7 Å². The molecule has 0 spiro atoms. The Labute approximate surface area is 114 Å². The first-order chi connectivity index (χ1) is 9.04. The van der Waals surface area contributed by atoms with E-state index in [2.05, 4.69) is 18.7 Å². The van der Waals surface area contributed by atoms with Gasteiger partial charge in [0.2, 0.25) is 5.91 Å². The van der Waals surface area contributed by atoms with Gasteiger partial charge in [0, 0.05) is 25.7 Å². The highest BCUT2D eigenvalue weighted by atomic mass is 16.4. The van der Waals surface area contributed by atoms with Crippen molar-refractivity contribution in [1.82, 2.24) is 9.80 Å². The highest BCUT2D eigenvalue weighted by Gasteiger charge is 2.40. The molecular weight excluding hydrogens is 244 g/mol. The van der Waals surface area contributed by atoms with Crippen LogP contribution in [0.15, 0.2) is 0 Å². The Hall–Kier alpha value is -1.10. The van der Waals surface area contributed by atoms with Gasteiger partial charge in [-0.15, -0.1) is 0 Å². The molecular formula is C14H24N2O3. The molecule has 0 radical (unpaired) electrons. The van der Waals surface area contributed by atoms with Crippen LogP contribution in [0.5, 0.6) is 0 Å². The zero-order valence-corrected chi connectivity index (χ0v) is 11.8. The fraction of sp³-hybridized carbons (Fsp3) is 0.857. The molecule has 1 aliphatic carbocycles. The summed E-state index contributed by atoms with van der Waals surface area (Å²) in [4.78, 5) is 27.9. The van der Waals surface area contributed by atoms with Gasteiger partial charge in [-0.05, 0) is 26.3 Å². The number of likely N-dealkylation sites (N-methyl/N-ethyl adjacent to an activating group) is 1. The lowest BCUT2D eigenvalue weighted by atomic mass is 9.94. The van der Waals surface area contributed by atoms with Crippen LogP contribution >= 0.6 is 0 Å². The molecule has 0 aromatic rings. The Balaban J connectivity index is 1.98. The van der Waals surface area contributed by atoms with Crippen molar-refractivity contribution in [3.63, 3.8) is 0 Å². The van der Waals surface area contributed by atoms with Crippen molar-refractivity contribution < 1.29 is 14.7 Å². The van der Waals surface area contributed by atoms with E-state index < -0.39 is 11.9 Å². The average Bonchev–Trinajstić information content (AvgIpc) is 2.87. The maximum atomic E-state index is 12.5. The van der Waals surface area contributed by atoms with Crippen molar-refractivity contribution in [2.45, 2.75) is 39.2 Å². The number of nitrogens with zero attached hydrogens (tertiary/aromatic N) is 2. The van der Waals surface area contributed by atoms with Crippen molar-refractivity contribution >= 4 is 11.9 Å². The van der Waals surface area contributed by atoms with Gasteiger partial charge < -0.3 is 10.0 Å². The quantitative estimate of drug-likeness (QED) is 0.831. The number of carbonyl (C=O) groups is 2. The minimum Gasteiger partial charge on any atom is -0.481 e. The van der Waals surface area contributed by atoms with E-state index in [1.165, 1.54) is 0 Å². The molecule has 2 aliphatic rings. The Kier molecular flexibility index (Phi) is 4.45. The monoisotopic (exact) mass is 268 g/mol. The van der Waals surface area contributed by atoms with Crippen molar-refractivity contribution in [2.24, 2.45) is 11.8 Å². The van der Waals surface area contributed by atoms with Crippen molar-refractivity contribution in [3.8, 4) is 0 Å². The lowest BCUT2D eigenvalue weighted by molar-refractivity contribution is -0.150. The second kappa shape index (κ2) is 5.90. The van der Waals surface area contributed by atoms with Gasteiger partial charge in [-0.1, -0.05) is 13.3 Å². The molecule has 1 amide bonds. The number of hydrogen-bond acceptors (Lipinski definition) is 3. The summed E-state index contributed by atoms with van der Waals surface area (Å²) < 4.78 is 0. The third-order valence-corrected chi connectivity index (χ3v) is 4.63. The number of carboxylic acids is 1. The molecule has 5 heteroatoms. The van der Waals surface area contributed by atoms with Crippen LogP contribution in [-0.4, -0.2) is 59.0 Å². The maximum absolute atomic E-state index is 12.5. The Bertz CT molecular complexity index is 359. The van der Waals surface area contributed by atoms with Crippen LogP contribution in [0.4, 0.5) is 0 Å². The molecule has 1 N–H and O–H groups in total. The van der Waals surface area contributed by atoms with E-state index in [1.54, 1.807) is 0 Å². The minimum atomic E-state index is -0.809. The summed E-state index contributed by atoms with van der Waals surface area (Å²) in [6, 6.07) is 0.368. The molecule has 1 unspecified atom stereocenters. The van der Waals surface area contributed by atoms with Gasteiger partial charge in [0.05, 0.1) is 11.8 Å². The van der Waals surface area contributed by atoms with Crippen LogP contribution in [0.2, 0.25) is 0 Å². The first-order valence-electron chi connectivity index (χ1n) is 7.30. The highest BCUT2D eigenvalue weighted by Crippen LogP contribution is 2.33. The summed E-state index contributed by atoms with van der Waals surface area (Å²) in [6.45, 7) is 7.63. The Morgan fingerprint density at radius 2 is 1.89 bits per heavy atom. The van der Waals surface area contributed by atoms with Gasteiger partial charge in [-0.2, -0.15) is 0 Å². The number of carboxylic acid groups (broad SMARTS) is 1. The van der Waals surface area contributed by atoms with Crippen LogP contribution < -0.4 is 0 Å². The van der Waals surface area contributed by atoms with E-state index in [-0.39, 0.29) is 11.8 Å². The summed E-state index contributed by atoms with van der Waals surface area (Å²) >= 11 is 0. The van der Waals surface area contributed by atoms with E-state index in [4.69, 9.17) is 0 Å². The Morgan fingerprint density at radius 3 is 2.47 bits per heavy atom. The van der Waals surface area contributed by atoms with Crippen LogP contribution in [-0.2, 0) is 9.59 Å². The number of amides is 1. The fourth-order valence-electron chi connectivity index (χ4n) is 3.45. The maximum Gasteiger partial charge on any atom is 0.307 e. The molecule has 3 atom stereocenters. The Morgan fingerprint density at radius 1 is 1.21 bits per heavy atom. The third-order valence-electron chi connectivity index (χ3n) is 4.63. The zero-order chi connectivity index (χ0) is 14.0. The van der Waals surface area contributed by atoms with Crippen molar-refractivity contribution in [2.75, 3.05) is 26.2 Å². The third kappa shape index (κ3) is 2.91. The molecule has 1 heterocycles. The summed E-state index contributed by atoms with van der Waals surface area (Å²) in [5.41, 5.74) is 0. The highest BCUT2D eigenvalue weighted by molar-refractivity contribution is 5.85. The lowest BCUT2D eigenvalue weighted by Crippen LogP contribution is -2.55. The minimum absolute atomic E-state index is 0.0625. The van der Waals surface area contributed by atoms with Crippen LogP contribution in [0.25, 0.3) is 0 Å². The van der Waals surface area contributed by atoms with Gasteiger partial charge in [-0.3, -0.25) is 14.5 Å². The van der Waals surface area contributed by atoms with Gasteiger partial charge in [-0.25, -0.2) is 0 Å². The molecule has 1 saturated heterocycles. The SMILES string of the molecule is CCN1CCN(C(=O)[C@@H]2CCC[C@@H]2C(=O)O)CC1C. The molecule has 1 saturated carbocycles. The average molecular weight is 268 g/mol. The van der Waals surface area contributed by atoms with Crippen LogP contribution in [0, 0.1) is 11.8 Å².